The minimum Gasteiger partial charge on any atom is -0.370 e. The summed E-state index contributed by atoms with van der Waals surface area (Å²) < 4.78 is 0. The SMILES string of the molecule is NC(=O)CC1CCCCN1Cc1cccc(Cl)c1. The van der Waals surface area contributed by atoms with E-state index in [4.69, 9.17) is 17.3 Å². The Labute approximate surface area is 113 Å². The zero-order valence-electron chi connectivity index (χ0n) is 10.4. The van der Waals surface area contributed by atoms with Crippen molar-refractivity contribution in [1.29, 1.82) is 0 Å². The van der Waals surface area contributed by atoms with E-state index in [9.17, 15) is 4.79 Å². The largest absolute Gasteiger partial charge is 0.370 e. The lowest BCUT2D eigenvalue weighted by Crippen LogP contribution is -2.41. The molecule has 1 unspecified atom stereocenters. The van der Waals surface area contributed by atoms with Gasteiger partial charge in [0.15, 0.2) is 0 Å². The van der Waals surface area contributed by atoms with Crippen molar-refractivity contribution in [2.45, 2.75) is 38.3 Å². The molecule has 1 aliphatic rings. The number of nitrogens with zero attached hydrogens (tertiary/aromatic N) is 1. The van der Waals surface area contributed by atoms with Gasteiger partial charge in [-0.3, -0.25) is 9.69 Å². The van der Waals surface area contributed by atoms with Gasteiger partial charge in [-0.25, -0.2) is 0 Å². The zero-order chi connectivity index (χ0) is 13.0. The smallest absolute Gasteiger partial charge is 0.218 e. The lowest BCUT2D eigenvalue weighted by Gasteiger charge is -2.35. The molecule has 1 fully saturated rings. The van der Waals surface area contributed by atoms with E-state index in [0.717, 1.165) is 24.5 Å². The second-order valence-electron chi connectivity index (χ2n) is 4.92. The van der Waals surface area contributed by atoms with Gasteiger partial charge < -0.3 is 5.73 Å². The Bertz CT molecular complexity index is 422. The Hall–Kier alpha value is -1.06. The first-order chi connectivity index (χ1) is 8.65. The maximum atomic E-state index is 11.1. The molecule has 0 aromatic heterocycles. The van der Waals surface area contributed by atoms with Crippen LogP contribution < -0.4 is 5.73 Å². The number of nitrogens with two attached hydrogens (primary N) is 1. The Morgan fingerprint density at radius 1 is 1.44 bits per heavy atom. The lowest BCUT2D eigenvalue weighted by atomic mass is 9.98. The van der Waals surface area contributed by atoms with E-state index in [1.807, 2.05) is 18.2 Å². The van der Waals surface area contributed by atoms with E-state index in [0.29, 0.717) is 6.42 Å². The molecular weight excluding hydrogens is 248 g/mol. The van der Waals surface area contributed by atoms with Gasteiger partial charge in [-0.05, 0) is 37.1 Å². The molecule has 1 heterocycles. The van der Waals surface area contributed by atoms with Crippen molar-refractivity contribution in [2.24, 2.45) is 5.73 Å². The molecule has 1 saturated heterocycles. The minimum absolute atomic E-state index is 0.210. The molecule has 1 atom stereocenters. The van der Waals surface area contributed by atoms with E-state index >= 15 is 0 Å². The van der Waals surface area contributed by atoms with Crippen LogP contribution in [0.5, 0.6) is 0 Å². The van der Waals surface area contributed by atoms with Crippen molar-refractivity contribution in [3.63, 3.8) is 0 Å². The van der Waals surface area contributed by atoms with Crippen molar-refractivity contribution in [1.82, 2.24) is 4.90 Å². The first-order valence-corrected chi connectivity index (χ1v) is 6.80. The molecule has 0 saturated carbocycles. The van der Waals surface area contributed by atoms with Crippen LogP contribution >= 0.6 is 11.6 Å². The Morgan fingerprint density at radius 2 is 2.28 bits per heavy atom. The number of piperidine rings is 1. The van der Waals surface area contributed by atoms with Crippen LogP contribution in [0, 0.1) is 0 Å². The number of primary amides is 1. The van der Waals surface area contributed by atoms with Gasteiger partial charge in [-0.1, -0.05) is 30.2 Å². The van der Waals surface area contributed by atoms with Gasteiger partial charge >= 0.3 is 0 Å². The molecule has 1 aromatic carbocycles. The molecule has 0 aliphatic carbocycles. The molecule has 18 heavy (non-hydrogen) atoms. The van der Waals surface area contributed by atoms with Gasteiger partial charge in [-0.15, -0.1) is 0 Å². The summed E-state index contributed by atoms with van der Waals surface area (Å²) >= 11 is 5.99. The summed E-state index contributed by atoms with van der Waals surface area (Å²) in [5.74, 6) is -0.210. The highest BCUT2D eigenvalue weighted by Crippen LogP contribution is 2.22. The molecular formula is C14H19ClN2O. The van der Waals surface area contributed by atoms with E-state index in [-0.39, 0.29) is 11.9 Å². The van der Waals surface area contributed by atoms with Gasteiger partial charge in [0, 0.05) is 24.0 Å². The summed E-state index contributed by atoms with van der Waals surface area (Å²) in [4.78, 5) is 13.4. The minimum atomic E-state index is -0.210. The van der Waals surface area contributed by atoms with Crippen molar-refractivity contribution in [3.8, 4) is 0 Å². The standard InChI is InChI=1S/C14H19ClN2O/c15-12-5-3-4-11(8-12)10-17-7-2-1-6-13(17)9-14(16)18/h3-5,8,13H,1-2,6-7,9-10H2,(H2,16,18). The van der Waals surface area contributed by atoms with Crippen LogP contribution in [0.3, 0.4) is 0 Å². The molecule has 0 spiro atoms. The summed E-state index contributed by atoms with van der Waals surface area (Å²) in [7, 11) is 0. The molecule has 2 N–H and O–H groups in total. The van der Waals surface area contributed by atoms with Crippen LogP contribution in [0.25, 0.3) is 0 Å². The first-order valence-electron chi connectivity index (χ1n) is 6.42. The number of hydrogen-bond acceptors (Lipinski definition) is 2. The summed E-state index contributed by atoms with van der Waals surface area (Å²) in [5, 5.41) is 0.760. The summed E-state index contributed by atoms with van der Waals surface area (Å²) in [6.07, 6.45) is 3.89. The third-order valence-electron chi connectivity index (χ3n) is 3.46. The zero-order valence-corrected chi connectivity index (χ0v) is 11.2. The fourth-order valence-corrected chi connectivity index (χ4v) is 2.81. The van der Waals surface area contributed by atoms with Crippen LogP contribution in [0.15, 0.2) is 24.3 Å². The van der Waals surface area contributed by atoms with Gasteiger partial charge in [0.2, 0.25) is 5.91 Å². The summed E-state index contributed by atoms with van der Waals surface area (Å²) in [6, 6.07) is 8.18. The van der Waals surface area contributed by atoms with Crippen LogP contribution in [-0.2, 0) is 11.3 Å². The third-order valence-corrected chi connectivity index (χ3v) is 3.70. The second-order valence-corrected chi connectivity index (χ2v) is 5.36. The predicted molar refractivity (Wildman–Crippen MR) is 73.3 cm³/mol. The normalized spacial score (nSPS) is 20.8. The highest BCUT2D eigenvalue weighted by molar-refractivity contribution is 6.30. The molecule has 0 radical (unpaired) electrons. The highest BCUT2D eigenvalue weighted by Gasteiger charge is 2.23. The first kappa shape index (κ1) is 13.4. The summed E-state index contributed by atoms with van der Waals surface area (Å²) in [6.45, 7) is 1.88. The average molecular weight is 267 g/mol. The Kier molecular flexibility index (Phi) is 4.61. The maximum absolute atomic E-state index is 11.1. The lowest BCUT2D eigenvalue weighted by molar-refractivity contribution is -0.119. The quantitative estimate of drug-likeness (QED) is 0.910. The van der Waals surface area contributed by atoms with Gasteiger partial charge in [0.25, 0.3) is 0 Å². The number of carbonyl (C=O) groups is 1. The van der Waals surface area contributed by atoms with Gasteiger partial charge in [0.05, 0.1) is 0 Å². The molecule has 3 nitrogen and oxygen atoms in total. The van der Waals surface area contributed by atoms with E-state index in [2.05, 4.69) is 11.0 Å². The number of hydrogen-bond donors (Lipinski definition) is 1. The topological polar surface area (TPSA) is 46.3 Å². The average Bonchev–Trinajstić information content (AvgIpc) is 2.31. The number of rotatable bonds is 4. The molecule has 98 valence electrons. The van der Waals surface area contributed by atoms with Crippen LogP contribution in [0.4, 0.5) is 0 Å². The number of benzene rings is 1. The molecule has 1 aliphatic heterocycles. The van der Waals surface area contributed by atoms with Crippen LogP contribution in [-0.4, -0.2) is 23.4 Å². The fourth-order valence-electron chi connectivity index (χ4n) is 2.60. The number of likely N-dealkylation sites (tertiary alicyclic amines) is 1. The monoisotopic (exact) mass is 266 g/mol. The highest BCUT2D eigenvalue weighted by atomic mass is 35.5. The second kappa shape index (κ2) is 6.21. The van der Waals surface area contributed by atoms with Crippen LogP contribution in [0.2, 0.25) is 5.02 Å². The van der Waals surface area contributed by atoms with Crippen molar-refractivity contribution in [2.75, 3.05) is 6.54 Å². The molecule has 0 bridgehead atoms. The molecule has 1 amide bonds. The van der Waals surface area contributed by atoms with Gasteiger partial charge in [0.1, 0.15) is 0 Å². The molecule has 2 rings (SSSR count). The number of carbonyl (C=O) groups excluding carboxylic acids is 1. The Balaban J connectivity index is 2.03. The van der Waals surface area contributed by atoms with Crippen molar-refractivity contribution < 1.29 is 4.79 Å². The third kappa shape index (κ3) is 3.72. The van der Waals surface area contributed by atoms with Crippen LogP contribution in [0.1, 0.15) is 31.2 Å². The summed E-state index contributed by atoms with van der Waals surface area (Å²) in [5.41, 5.74) is 6.51. The number of amides is 1. The van der Waals surface area contributed by atoms with Crippen molar-refractivity contribution in [3.05, 3.63) is 34.9 Å². The van der Waals surface area contributed by atoms with E-state index < -0.39 is 0 Å². The maximum Gasteiger partial charge on any atom is 0.218 e. The number of halogens is 1. The van der Waals surface area contributed by atoms with E-state index in [1.54, 1.807) is 0 Å². The van der Waals surface area contributed by atoms with E-state index in [1.165, 1.54) is 18.4 Å². The Morgan fingerprint density at radius 3 is 3.00 bits per heavy atom. The molecule has 4 heteroatoms. The fraction of sp³-hybridized carbons (Fsp3) is 0.500. The van der Waals surface area contributed by atoms with Gasteiger partial charge in [-0.2, -0.15) is 0 Å². The molecule has 1 aromatic rings. The predicted octanol–water partition coefficient (Wildman–Crippen LogP) is 2.57. The van der Waals surface area contributed by atoms with Crippen molar-refractivity contribution >= 4 is 17.5 Å².